The molecule has 9 heavy (non-hydrogen) atoms. The van der Waals surface area contributed by atoms with Crippen molar-refractivity contribution in [1.29, 1.82) is 0 Å². The average molecular weight is 120 g/mol. The second-order valence-electron chi connectivity index (χ2n) is 1.75. The van der Waals surface area contributed by atoms with E-state index in [1.807, 2.05) is 18.2 Å². The Morgan fingerprint density at radius 2 is 2.22 bits per heavy atom. The van der Waals surface area contributed by atoms with Crippen molar-refractivity contribution < 1.29 is 0 Å². The summed E-state index contributed by atoms with van der Waals surface area (Å²) in [5, 5.41) is 0. The van der Waals surface area contributed by atoms with Crippen molar-refractivity contribution in [1.82, 2.24) is 0 Å². The summed E-state index contributed by atoms with van der Waals surface area (Å²) in [5.41, 5.74) is 6.98. The number of rotatable bonds is 1. The maximum atomic E-state index is 5.45. The molecule has 0 amide bonds. The second kappa shape index (κ2) is 2.31. The Kier molecular flexibility index (Phi) is 1.49. The van der Waals surface area contributed by atoms with E-state index in [1.165, 1.54) is 0 Å². The molecule has 0 atom stereocenters. The molecule has 46 valence electrons. The topological polar surface area (TPSA) is 38.4 Å². The molecule has 1 rings (SSSR count). The molecule has 0 radical (unpaired) electrons. The van der Waals surface area contributed by atoms with Crippen LogP contribution in [0.2, 0.25) is 0 Å². The van der Waals surface area contributed by atoms with Gasteiger partial charge in [0.25, 0.3) is 0 Å². The van der Waals surface area contributed by atoms with Crippen molar-refractivity contribution in [3.05, 3.63) is 24.3 Å². The lowest BCUT2D eigenvalue weighted by molar-refractivity contribution is 1.55. The first-order valence-corrected chi connectivity index (χ1v) is 2.65. The second-order valence-corrected chi connectivity index (χ2v) is 1.75. The highest BCUT2D eigenvalue weighted by Crippen LogP contribution is 2.13. The first-order valence-electron chi connectivity index (χ1n) is 2.65. The third kappa shape index (κ3) is 1.29. The number of benzene rings is 1. The summed E-state index contributed by atoms with van der Waals surface area (Å²) < 4.78 is 0. The van der Waals surface area contributed by atoms with Crippen LogP contribution in [0.25, 0.3) is 0 Å². The molecule has 0 saturated heterocycles. The van der Waals surface area contributed by atoms with E-state index in [0.29, 0.717) is 0 Å². The molecule has 0 aliphatic carbocycles. The summed E-state index contributed by atoms with van der Waals surface area (Å²) in [6.45, 7) is 3.37. The highest BCUT2D eigenvalue weighted by molar-refractivity contribution is 5.53. The maximum absolute atomic E-state index is 5.45. The number of aliphatic imine (C=N–C) groups is 1. The van der Waals surface area contributed by atoms with Crippen LogP contribution in [0.1, 0.15) is 0 Å². The zero-order valence-electron chi connectivity index (χ0n) is 5.04. The van der Waals surface area contributed by atoms with E-state index in [-0.39, 0.29) is 0 Å². The summed E-state index contributed by atoms with van der Waals surface area (Å²) in [6.07, 6.45) is 0. The molecule has 0 bridgehead atoms. The van der Waals surface area contributed by atoms with Crippen molar-refractivity contribution >= 4 is 18.1 Å². The van der Waals surface area contributed by atoms with E-state index in [1.54, 1.807) is 6.07 Å². The third-order valence-corrected chi connectivity index (χ3v) is 1.05. The summed E-state index contributed by atoms with van der Waals surface area (Å²) >= 11 is 0. The smallest absolute Gasteiger partial charge is 0.0642 e. The lowest BCUT2D eigenvalue weighted by atomic mass is 10.3. The van der Waals surface area contributed by atoms with Gasteiger partial charge in [-0.3, -0.25) is 4.99 Å². The van der Waals surface area contributed by atoms with Crippen molar-refractivity contribution in [3.63, 3.8) is 0 Å². The molecule has 1 aromatic rings. The van der Waals surface area contributed by atoms with E-state index in [2.05, 4.69) is 11.7 Å². The minimum absolute atomic E-state index is 0.722. The fraction of sp³-hybridized carbons (Fsp3) is 0. The summed E-state index contributed by atoms with van der Waals surface area (Å²) in [4.78, 5) is 3.70. The number of anilines is 1. The molecule has 0 aromatic heterocycles. The lowest BCUT2D eigenvalue weighted by Gasteiger charge is -1.91. The van der Waals surface area contributed by atoms with E-state index >= 15 is 0 Å². The molecule has 0 unspecified atom stereocenters. The Balaban J connectivity index is 3.07. The van der Waals surface area contributed by atoms with Gasteiger partial charge in [-0.1, -0.05) is 6.07 Å². The van der Waals surface area contributed by atoms with Gasteiger partial charge in [-0.15, -0.1) is 0 Å². The van der Waals surface area contributed by atoms with Gasteiger partial charge in [0, 0.05) is 5.69 Å². The van der Waals surface area contributed by atoms with E-state index in [9.17, 15) is 0 Å². The van der Waals surface area contributed by atoms with Gasteiger partial charge in [-0.25, -0.2) is 0 Å². The first-order chi connectivity index (χ1) is 4.33. The van der Waals surface area contributed by atoms with Gasteiger partial charge >= 0.3 is 0 Å². The maximum Gasteiger partial charge on any atom is 0.0642 e. The Morgan fingerprint density at radius 3 is 2.67 bits per heavy atom. The Labute approximate surface area is 54.0 Å². The van der Waals surface area contributed by atoms with Crippen LogP contribution in [0.3, 0.4) is 0 Å². The minimum atomic E-state index is 0.722. The van der Waals surface area contributed by atoms with Crippen LogP contribution < -0.4 is 5.73 Å². The minimum Gasteiger partial charge on any atom is -0.399 e. The quantitative estimate of drug-likeness (QED) is 0.443. The molecule has 0 saturated carbocycles. The van der Waals surface area contributed by atoms with Crippen molar-refractivity contribution in [2.75, 3.05) is 5.73 Å². The Hall–Kier alpha value is -1.31. The molecule has 2 N–H and O–H groups in total. The van der Waals surface area contributed by atoms with Crippen LogP contribution >= 0.6 is 0 Å². The van der Waals surface area contributed by atoms with Gasteiger partial charge in [-0.05, 0) is 24.9 Å². The molecule has 0 heterocycles. The van der Waals surface area contributed by atoms with Crippen molar-refractivity contribution in [2.24, 2.45) is 4.99 Å². The van der Waals surface area contributed by atoms with E-state index < -0.39 is 0 Å². The molecule has 0 aliphatic rings. The predicted molar refractivity (Wildman–Crippen MR) is 40.1 cm³/mol. The molecule has 2 heteroatoms. The molecule has 1 aromatic carbocycles. The Bertz CT molecular complexity index is 218. The van der Waals surface area contributed by atoms with E-state index in [0.717, 1.165) is 11.4 Å². The molecule has 0 fully saturated rings. The predicted octanol–water partition coefficient (Wildman–Crippen LogP) is 1.60. The Morgan fingerprint density at radius 1 is 1.44 bits per heavy atom. The highest BCUT2D eigenvalue weighted by Gasteiger charge is 1.84. The summed E-state index contributed by atoms with van der Waals surface area (Å²) in [6, 6.07) is 7.28. The van der Waals surface area contributed by atoms with Crippen LogP contribution in [-0.2, 0) is 0 Å². The third-order valence-electron chi connectivity index (χ3n) is 1.05. The molecule has 2 nitrogen and oxygen atoms in total. The van der Waals surface area contributed by atoms with Crippen LogP contribution in [0.15, 0.2) is 29.3 Å². The summed E-state index contributed by atoms with van der Waals surface area (Å²) in [5.74, 6) is 0. The van der Waals surface area contributed by atoms with E-state index in [4.69, 9.17) is 5.73 Å². The molecule has 0 spiro atoms. The number of hydrogen-bond acceptors (Lipinski definition) is 2. The van der Waals surface area contributed by atoms with Gasteiger partial charge in [0.1, 0.15) is 0 Å². The number of nitrogen functional groups attached to an aromatic ring is 1. The van der Waals surface area contributed by atoms with Gasteiger partial charge in [0.15, 0.2) is 0 Å². The van der Waals surface area contributed by atoms with Crippen LogP contribution in [0, 0.1) is 0 Å². The van der Waals surface area contributed by atoms with Crippen LogP contribution in [0.4, 0.5) is 11.4 Å². The first kappa shape index (κ1) is 5.82. The molecular weight excluding hydrogens is 112 g/mol. The van der Waals surface area contributed by atoms with Gasteiger partial charge < -0.3 is 5.73 Å². The normalized spacial score (nSPS) is 8.89. The zero-order chi connectivity index (χ0) is 6.69. The summed E-state index contributed by atoms with van der Waals surface area (Å²) in [7, 11) is 0. The lowest BCUT2D eigenvalue weighted by Crippen LogP contribution is -1.80. The molecule has 0 aliphatic heterocycles. The van der Waals surface area contributed by atoms with Gasteiger partial charge in [0.05, 0.1) is 5.69 Å². The number of nitrogens with zero attached hydrogens (tertiary/aromatic N) is 1. The molecular formula is C7H8N2. The fourth-order valence-corrected chi connectivity index (χ4v) is 0.623. The zero-order valence-corrected chi connectivity index (χ0v) is 5.04. The monoisotopic (exact) mass is 120 g/mol. The van der Waals surface area contributed by atoms with Crippen LogP contribution in [0.5, 0.6) is 0 Å². The number of hydrogen-bond donors (Lipinski definition) is 1. The standard InChI is InChI=1S/C7H8N2/c1-9-7-4-2-3-6(8)5-7/h2-5H,1,8H2. The van der Waals surface area contributed by atoms with Gasteiger partial charge in [0.2, 0.25) is 0 Å². The van der Waals surface area contributed by atoms with Crippen LogP contribution in [-0.4, -0.2) is 6.72 Å². The van der Waals surface area contributed by atoms with Gasteiger partial charge in [-0.2, -0.15) is 0 Å². The fourth-order valence-electron chi connectivity index (χ4n) is 0.623. The SMILES string of the molecule is C=Nc1cccc(N)c1. The van der Waals surface area contributed by atoms with Crippen molar-refractivity contribution in [3.8, 4) is 0 Å². The van der Waals surface area contributed by atoms with Crippen molar-refractivity contribution in [2.45, 2.75) is 0 Å². The average Bonchev–Trinajstić information content (AvgIpc) is 1.88. The number of nitrogens with two attached hydrogens (primary N) is 1. The largest absolute Gasteiger partial charge is 0.399 e. The highest BCUT2D eigenvalue weighted by atomic mass is 14.7.